The van der Waals surface area contributed by atoms with Crippen molar-refractivity contribution in [2.75, 3.05) is 6.61 Å². The fraction of sp³-hybridized carbons (Fsp3) is 0.381. The van der Waals surface area contributed by atoms with Crippen LogP contribution < -0.4 is 4.74 Å². The fourth-order valence-corrected chi connectivity index (χ4v) is 2.55. The van der Waals surface area contributed by atoms with E-state index in [1.54, 1.807) is 0 Å². The molecular weight excluding hydrogens is 300 g/mol. The zero-order chi connectivity index (χ0) is 17.4. The molecule has 0 radical (unpaired) electrons. The smallest absolute Gasteiger partial charge is 0.303 e. The number of carbonyl (C=O) groups is 1. The van der Waals surface area contributed by atoms with Crippen LogP contribution in [0.25, 0.3) is 11.1 Å². The quantitative estimate of drug-likeness (QED) is 0.690. The molecule has 0 aliphatic heterocycles. The van der Waals surface area contributed by atoms with Crippen molar-refractivity contribution in [3.8, 4) is 16.9 Å². The first-order valence-electron chi connectivity index (χ1n) is 8.59. The molecular formula is C21H26O3. The summed E-state index contributed by atoms with van der Waals surface area (Å²) in [4.78, 5) is 10.7. The summed E-state index contributed by atoms with van der Waals surface area (Å²) in [6.07, 6.45) is 2.64. The fourth-order valence-electron chi connectivity index (χ4n) is 2.55. The van der Waals surface area contributed by atoms with Gasteiger partial charge in [0, 0.05) is 12.0 Å². The van der Waals surface area contributed by atoms with Crippen molar-refractivity contribution >= 4 is 5.97 Å². The predicted octanol–water partition coefficient (Wildman–Crippen LogP) is 5.19. The Labute approximate surface area is 144 Å². The number of carboxylic acid groups (broad SMARTS) is 1. The van der Waals surface area contributed by atoms with Crippen molar-refractivity contribution in [1.29, 1.82) is 0 Å². The van der Waals surface area contributed by atoms with Gasteiger partial charge < -0.3 is 9.84 Å². The number of hydrogen-bond acceptors (Lipinski definition) is 2. The van der Waals surface area contributed by atoms with E-state index in [-0.39, 0.29) is 6.42 Å². The molecule has 2 aromatic carbocycles. The van der Waals surface area contributed by atoms with Crippen LogP contribution in [0.4, 0.5) is 0 Å². The zero-order valence-corrected chi connectivity index (χ0v) is 14.5. The number of benzene rings is 2. The lowest BCUT2D eigenvalue weighted by Crippen LogP contribution is -2.03. The summed E-state index contributed by atoms with van der Waals surface area (Å²) in [7, 11) is 0. The Morgan fingerprint density at radius 3 is 2.54 bits per heavy atom. The third-order valence-corrected chi connectivity index (χ3v) is 3.94. The van der Waals surface area contributed by atoms with Crippen LogP contribution in [0, 0.1) is 5.92 Å². The van der Waals surface area contributed by atoms with Crippen molar-refractivity contribution in [1.82, 2.24) is 0 Å². The average molecular weight is 326 g/mol. The Bertz CT molecular complexity index is 647. The highest BCUT2D eigenvalue weighted by molar-refractivity contribution is 5.71. The molecule has 3 heteroatoms. The topological polar surface area (TPSA) is 46.5 Å². The zero-order valence-electron chi connectivity index (χ0n) is 14.5. The number of hydrogen-bond donors (Lipinski definition) is 1. The van der Waals surface area contributed by atoms with Crippen molar-refractivity contribution in [3.05, 3.63) is 54.1 Å². The predicted molar refractivity (Wildman–Crippen MR) is 97.4 cm³/mol. The maximum absolute atomic E-state index is 10.7. The molecule has 128 valence electrons. The van der Waals surface area contributed by atoms with E-state index in [4.69, 9.17) is 9.84 Å². The second kappa shape index (κ2) is 9.11. The summed E-state index contributed by atoms with van der Waals surface area (Å²) in [5, 5.41) is 8.79. The normalized spacial score (nSPS) is 10.8. The van der Waals surface area contributed by atoms with E-state index in [9.17, 15) is 4.79 Å². The Morgan fingerprint density at radius 1 is 1.12 bits per heavy atom. The van der Waals surface area contributed by atoms with Gasteiger partial charge >= 0.3 is 5.97 Å². The highest BCUT2D eigenvalue weighted by Crippen LogP contribution is 2.31. The first kappa shape index (κ1) is 18.1. The molecule has 0 spiro atoms. The second-order valence-electron chi connectivity index (χ2n) is 6.47. The maximum Gasteiger partial charge on any atom is 0.303 e. The van der Waals surface area contributed by atoms with E-state index in [1.165, 1.54) is 0 Å². The van der Waals surface area contributed by atoms with Crippen LogP contribution in [0.3, 0.4) is 0 Å². The minimum Gasteiger partial charge on any atom is -0.493 e. The maximum atomic E-state index is 10.7. The van der Waals surface area contributed by atoms with Gasteiger partial charge in [-0.3, -0.25) is 4.79 Å². The SMILES string of the molecule is CC(C)CCOc1ccc(CCCC(=O)O)cc1-c1ccccc1. The van der Waals surface area contributed by atoms with Crippen LogP contribution in [0.1, 0.15) is 38.7 Å². The van der Waals surface area contributed by atoms with Gasteiger partial charge in [0.25, 0.3) is 0 Å². The van der Waals surface area contributed by atoms with Crippen LogP contribution in [0.2, 0.25) is 0 Å². The Morgan fingerprint density at radius 2 is 1.88 bits per heavy atom. The number of ether oxygens (including phenoxy) is 1. The molecule has 0 saturated heterocycles. The van der Waals surface area contributed by atoms with Gasteiger partial charge in [-0.1, -0.05) is 50.2 Å². The number of carboxylic acids is 1. The van der Waals surface area contributed by atoms with E-state index in [0.29, 0.717) is 18.9 Å². The largest absolute Gasteiger partial charge is 0.493 e. The van der Waals surface area contributed by atoms with Gasteiger partial charge in [-0.25, -0.2) is 0 Å². The van der Waals surface area contributed by atoms with Crippen molar-refractivity contribution in [2.24, 2.45) is 5.92 Å². The summed E-state index contributed by atoms with van der Waals surface area (Å²) >= 11 is 0. The first-order valence-corrected chi connectivity index (χ1v) is 8.59. The molecule has 2 rings (SSSR count). The summed E-state index contributed by atoms with van der Waals surface area (Å²) < 4.78 is 6.01. The molecule has 0 atom stereocenters. The molecule has 0 aliphatic rings. The van der Waals surface area contributed by atoms with Gasteiger partial charge in [0.2, 0.25) is 0 Å². The molecule has 0 saturated carbocycles. The average Bonchev–Trinajstić information content (AvgIpc) is 2.56. The molecule has 3 nitrogen and oxygen atoms in total. The molecule has 1 N–H and O–H groups in total. The monoisotopic (exact) mass is 326 g/mol. The molecule has 0 fully saturated rings. The number of aliphatic carboxylic acids is 1. The molecule has 0 unspecified atom stereocenters. The molecule has 2 aromatic rings. The summed E-state index contributed by atoms with van der Waals surface area (Å²) in [5.41, 5.74) is 3.34. The van der Waals surface area contributed by atoms with Crippen LogP contribution >= 0.6 is 0 Å². The van der Waals surface area contributed by atoms with Gasteiger partial charge in [0.15, 0.2) is 0 Å². The van der Waals surface area contributed by atoms with Crippen molar-refractivity contribution in [3.63, 3.8) is 0 Å². The van der Waals surface area contributed by atoms with Gasteiger partial charge in [-0.2, -0.15) is 0 Å². The second-order valence-corrected chi connectivity index (χ2v) is 6.47. The lowest BCUT2D eigenvalue weighted by molar-refractivity contribution is -0.137. The highest BCUT2D eigenvalue weighted by Gasteiger charge is 2.09. The third kappa shape index (κ3) is 5.73. The van der Waals surface area contributed by atoms with Crippen LogP contribution in [0.5, 0.6) is 5.75 Å². The summed E-state index contributed by atoms with van der Waals surface area (Å²) in [6.45, 7) is 5.08. The van der Waals surface area contributed by atoms with E-state index in [1.807, 2.05) is 30.3 Å². The van der Waals surface area contributed by atoms with E-state index < -0.39 is 5.97 Å². The minimum atomic E-state index is -0.744. The van der Waals surface area contributed by atoms with Gasteiger partial charge in [0.1, 0.15) is 5.75 Å². The van der Waals surface area contributed by atoms with E-state index >= 15 is 0 Å². The van der Waals surface area contributed by atoms with Crippen LogP contribution in [0.15, 0.2) is 48.5 Å². The Balaban J connectivity index is 2.18. The highest BCUT2D eigenvalue weighted by atomic mass is 16.5. The first-order chi connectivity index (χ1) is 11.6. The number of aryl methyl sites for hydroxylation is 1. The summed E-state index contributed by atoms with van der Waals surface area (Å²) in [6, 6.07) is 16.4. The lowest BCUT2D eigenvalue weighted by Gasteiger charge is -2.14. The Hall–Kier alpha value is -2.29. The van der Waals surface area contributed by atoms with Gasteiger partial charge in [0.05, 0.1) is 6.61 Å². The molecule has 0 aliphatic carbocycles. The summed E-state index contributed by atoms with van der Waals surface area (Å²) in [5.74, 6) is 0.760. The third-order valence-electron chi connectivity index (χ3n) is 3.94. The van der Waals surface area contributed by atoms with Crippen molar-refractivity contribution < 1.29 is 14.6 Å². The van der Waals surface area contributed by atoms with Gasteiger partial charge in [-0.05, 0) is 48.4 Å². The van der Waals surface area contributed by atoms with E-state index in [0.717, 1.165) is 35.3 Å². The molecule has 0 heterocycles. The molecule has 24 heavy (non-hydrogen) atoms. The lowest BCUT2D eigenvalue weighted by atomic mass is 9.99. The van der Waals surface area contributed by atoms with Gasteiger partial charge in [-0.15, -0.1) is 0 Å². The van der Waals surface area contributed by atoms with E-state index in [2.05, 4.69) is 32.0 Å². The minimum absolute atomic E-state index is 0.202. The van der Waals surface area contributed by atoms with Crippen LogP contribution in [-0.2, 0) is 11.2 Å². The number of rotatable bonds is 9. The van der Waals surface area contributed by atoms with Crippen LogP contribution in [-0.4, -0.2) is 17.7 Å². The van der Waals surface area contributed by atoms with Crippen molar-refractivity contribution in [2.45, 2.75) is 39.5 Å². The molecule has 0 aromatic heterocycles. The molecule has 0 amide bonds. The standard InChI is InChI=1S/C21H26O3/c1-16(2)13-14-24-20-12-11-17(7-6-10-21(22)23)15-19(20)18-8-4-3-5-9-18/h3-5,8-9,11-12,15-16H,6-7,10,13-14H2,1-2H3,(H,22,23). The Kier molecular flexibility index (Phi) is 6.86. The molecule has 0 bridgehead atoms.